The van der Waals surface area contributed by atoms with Crippen LogP contribution in [0, 0.1) is 0 Å². The fraction of sp³-hybridized carbons (Fsp3) is 0.214. The van der Waals surface area contributed by atoms with Crippen molar-refractivity contribution in [2.24, 2.45) is 0 Å². The second kappa shape index (κ2) is 4.79. The first-order valence-electron chi connectivity index (χ1n) is 5.73. The second-order valence-corrected chi connectivity index (χ2v) is 4.19. The smallest absolute Gasteiger partial charge is 0.0704 e. The highest BCUT2D eigenvalue weighted by molar-refractivity contribution is 6.40. The molecule has 3 heteroatoms. The first-order valence-corrected chi connectivity index (χ1v) is 5.73. The third-order valence-corrected chi connectivity index (χ3v) is 2.95. The number of rotatable bonds is 3. The molecule has 2 aromatic rings. The van der Waals surface area contributed by atoms with Crippen molar-refractivity contribution >= 4 is 15.7 Å². The summed E-state index contributed by atoms with van der Waals surface area (Å²) >= 11 is 0. The van der Waals surface area contributed by atoms with Gasteiger partial charge in [-0.25, -0.2) is 0 Å². The molecule has 0 amide bonds. The zero-order valence-corrected chi connectivity index (χ0v) is 9.93. The number of hydrogen-bond acceptors (Lipinski definition) is 1. The minimum absolute atomic E-state index is 0.686. The Morgan fingerprint density at radius 2 is 1.82 bits per heavy atom. The van der Waals surface area contributed by atoms with E-state index in [1.54, 1.807) is 6.20 Å². The Bertz CT molecular complexity index is 495. The Labute approximate surface area is 105 Å². The molecule has 0 atom stereocenters. The van der Waals surface area contributed by atoms with Crippen LogP contribution >= 0.6 is 0 Å². The van der Waals surface area contributed by atoms with Crippen LogP contribution < -0.4 is 0 Å². The van der Waals surface area contributed by atoms with Crippen LogP contribution in [0.15, 0.2) is 48.7 Å². The molecular weight excluding hydrogens is 204 g/mol. The van der Waals surface area contributed by atoms with Crippen LogP contribution in [0.1, 0.15) is 18.9 Å². The first kappa shape index (κ1) is 12.0. The summed E-state index contributed by atoms with van der Waals surface area (Å²) in [4.78, 5) is 4.35. The number of aromatic nitrogens is 1. The minimum Gasteiger partial charge on any atom is -0.256 e. The maximum Gasteiger partial charge on any atom is 0.0704 e. The lowest BCUT2D eigenvalue weighted by atomic mass is 9.50. The molecule has 0 aliphatic carbocycles. The maximum atomic E-state index is 6.03. The number of hydrogen-bond donors (Lipinski definition) is 0. The van der Waals surface area contributed by atoms with Gasteiger partial charge in [0.15, 0.2) is 0 Å². The SMILES string of the molecule is [B]C([B])(CC)c1ccnc(-c2ccccc2)c1. The summed E-state index contributed by atoms with van der Waals surface area (Å²) in [6.07, 6.45) is 2.44. The second-order valence-electron chi connectivity index (χ2n) is 4.19. The number of benzene rings is 1. The summed E-state index contributed by atoms with van der Waals surface area (Å²) in [6.45, 7) is 1.97. The van der Waals surface area contributed by atoms with Crippen molar-refractivity contribution in [3.05, 3.63) is 54.2 Å². The van der Waals surface area contributed by atoms with Crippen LogP contribution in [0.4, 0.5) is 0 Å². The minimum atomic E-state index is -0.785. The topological polar surface area (TPSA) is 12.9 Å². The Hall–Kier alpha value is -1.50. The van der Waals surface area contributed by atoms with E-state index in [4.69, 9.17) is 15.7 Å². The summed E-state index contributed by atoms with van der Waals surface area (Å²) in [5.41, 5.74) is 2.88. The maximum absolute atomic E-state index is 6.03. The molecular formula is C14H13B2N. The lowest BCUT2D eigenvalue weighted by Gasteiger charge is -2.24. The van der Waals surface area contributed by atoms with Crippen molar-refractivity contribution in [3.8, 4) is 11.3 Å². The van der Waals surface area contributed by atoms with Gasteiger partial charge in [-0.15, -0.1) is 0 Å². The van der Waals surface area contributed by atoms with Gasteiger partial charge in [0.1, 0.15) is 0 Å². The Kier molecular flexibility index (Phi) is 3.37. The van der Waals surface area contributed by atoms with Gasteiger partial charge in [0.2, 0.25) is 0 Å². The fourth-order valence-electron chi connectivity index (χ4n) is 1.69. The molecule has 0 fully saturated rings. The van der Waals surface area contributed by atoms with Crippen molar-refractivity contribution in [1.29, 1.82) is 0 Å². The lowest BCUT2D eigenvalue weighted by molar-refractivity contribution is 0.800. The van der Waals surface area contributed by atoms with Gasteiger partial charge < -0.3 is 0 Å². The van der Waals surface area contributed by atoms with Gasteiger partial charge in [0, 0.05) is 11.8 Å². The largest absolute Gasteiger partial charge is 0.256 e. The van der Waals surface area contributed by atoms with Crippen LogP contribution in [-0.4, -0.2) is 20.7 Å². The van der Waals surface area contributed by atoms with Crippen LogP contribution in [-0.2, 0) is 5.21 Å². The van der Waals surface area contributed by atoms with Gasteiger partial charge in [-0.2, -0.15) is 0 Å². The molecule has 1 heterocycles. The molecule has 17 heavy (non-hydrogen) atoms. The summed E-state index contributed by atoms with van der Waals surface area (Å²) < 4.78 is 0. The van der Waals surface area contributed by atoms with E-state index in [9.17, 15) is 0 Å². The highest BCUT2D eigenvalue weighted by Gasteiger charge is 2.17. The zero-order valence-electron chi connectivity index (χ0n) is 9.93. The Balaban J connectivity index is 2.42. The van der Waals surface area contributed by atoms with Crippen molar-refractivity contribution in [2.45, 2.75) is 18.6 Å². The molecule has 0 saturated carbocycles. The average Bonchev–Trinajstić information content (AvgIpc) is 2.40. The summed E-state index contributed by atoms with van der Waals surface area (Å²) in [5, 5.41) is -0.785. The molecule has 1 nitrogen and oxygen atoms in total. The predicted octanol–water partition coefficient (Wildman–Crippen LogP) is 2.65. The van der Waals surface area contributed by atoms with Gasteiger partial charge in [0.05, 0.1) is 21.4 Å². The summed E-state index contributed by atoms with van der Waals surface area (Å²) in [7, 11) is 12.1. The van der Waals surface area contributed by atoms with E-state index in [0.29, 0.717) is 6.42 Å². The number of pyridine rings is 1. The van der Waals surface area contributed by atoms with E-state index >= 15 is 0 Å². The molecule has 0 spiro atoms. The average molecular weight is 217 g/mol. The van der Waals surface area contributed by atoms with E-state index in [1.807, 2.05) is 49.4 Å². The van der Waals surface area contributed by atoms with Gasteiger partial charge >= 0.3 is 0 Å². The molecule has 4 radical (unpaired) electrons. The van der Waals surface area contributed by atoms with Crippen LogP contribution in [0.2, 0.25) is 0 Å². The van der Waals surface area contributed by atoms with Crippen LogP contribution in [0.5, 0.6) is 0 Å². The molecule has 1 aromatic heterocycles. The molecule has 0 unspecified atom stereocenters. The van der Waals surface area contributed by atoms with E-state index in [1.165, 1.54) is 0 Å². The highest BCUT2D eigenvalue weighted by atomic mass is 14.7. The molecule has 0 aliphatic rings. The number of nitrogens with zero attached hydrogens (tertiary/aromatic N) is 1. The monoisotopic (exact) mass is 217 g/mol. The zero-order chi connectivity index (χ0) is 12.3. The normalized spacial score (nSPS) is 11.4. The molecule has 80 valence electrons. The van der Waals surface area contributed by atoms with E-state index < -0.39 is 5.21 Å². The van der Waals surface area contributed by atoms with E-state index in [-0.39, 0.29) is 0 Å². The Morgan fingerprint density at radius 3 is 2.47 bits per heavy atom. The predicted molar refractivity (Wildman–Crippen MR) is 73.2 cm³/mol. The molecule has 0 aliphatic heterocycles. The van der Waals surface area contributed by atoms with Crippen LogP contribution in [0.25, 0.3) is 11.3 Å². The molecule has 2 rings (SSSR count). The van der Waals surface area contributed by atoms with Crippen molar-refractivity contribution in [1.82, 2.24) is 4.98 Å². The van der Waals surface area contributed by atoms with Gasteiger partial charge in [-0.1, -0.05) is 54.5 Å². The molecule has 0 bridgehead atoms. The molecule has 0 saturated heterocycles. The lowest BCUT2D eigenvalue weighted by Crippen LogP contribution is -2.25. The quantitative estimate of drug-likeness (QED) is 0.720. The van der Waals surface area contributed by atoms with Crippen LogP contribution in [0.3, 0.4) is 0 Å². The Morgan fingerprint density at radius 1 is 1.12 bits per heavy atom. The van der Waals surface area contributed by atoms with Crippen molar-refractivity contribution in [3.63, 3.8) is 0 Å². The van der Waals surface area contributed by atoms with Crippen molar-refractivity contribution in [2.75, 3.05) is 0 Å². The van der Waals surface area contributed by atoms with Gasteiger partial charge in [-0.3, -0.25) is 4.98 Å². The third kappa shape index (κ3) is 2.60. The summed E-state index contributed by atoms with van der Waals surface area (Å²) in [5.74, 6) is 0. The highest BCUT2D eigenvalue weighted by Crippen LogP contribution is 2.24. The van der Waals surface area contributed by atoms with E-state index in [2.05, 4.69) is 4.98 Å². The van der Waals surface area contributed by atoms with E-state index in [0.717, 1.165) is 16.8 Å². The third-order valence-electron chi connectivity index (χ3n) is 2.95. The standard InChI is InChI=1S/C14H13B2N/c1-2-14(15,16)12-8-9-17-13(10-12)11-6-4-3-5-7-11/h3-10H,2H2,1H3. The fourth-order valence-corrected chi connectivity index (χ4v) is 1.69. The molecule has 1 aromatic carbocycles. The summed E-state index contributed by atoms with van der Waals surface area (Å²) in [6, 6.07) is 13.8. The van der Waals surface area contributed by atoms with Gasteiger partial charge in [-0.05, 0) is 12.1 Å². The van der Waals surface area contributed by atoms with Crippen molar-refractivity contribution < 1.29 is 0 Å². The first-order chi connectivity index (χ1) is 8.13. The molecule has 0 N–H and O–H groups in total. The van der Waals surface area contributed by atoms with Gasteiger partial charge in [0.25, 0.3) is 0 Å².